The summed E-state index contributed by atoms with van der Waals surface area (Å²) in [6.45, 7) is 0.778. The summed E-state index contributed by atoms with van der Waals surface area (Å²) in [7, 11) is 2.37. The van der Waals surface area contributed by atoms with E-state index in [1.807, 2.05) is 0 Å². The van der Waals surface area contributed by atoms with Crippen LogP contribution in [-0.4, -0.2) is 38.6 Å². The van der Waals surface area contributed by atoms with Gasteiger partial charge in [0.2, 0.25) is 0 Å². The SMILES string of the molecule is COCC(C)(OC)C(F)(F)C=O. The highest BCUT2D eigenvalue weighted by Crippen LogP contribution is 2.29. The first-order valence-electron chi connectivity index (χ1n) is 3.32. The number of carbonyl (C=O) groups excluding carboxylic acids is 1. The summed E-state index contributed by atoms with van der Waals surface area (Å²) in [6, 6.07) is 0. The minimum Gasteiger partial charge on any atom is -0.381 e. The van der Waals surface area contributed by atoms with Gasteiger partial charge in [-0.05, 0) is 6.92 Å². The first-order chi connectivity index (χ1) is 5.43. The van der Waals surface area contributed by atoms with E-state index in [0.29, 0.717) is 0 Å². The van der Waals surface area contributed by atoms with Crippen LogP contribution in [0, 0.1) is 0 Å². The Hall–Kier alpha value is -0.550. The molecule has 0 aromatic carbocycles. The van der Waals surface area contributed by atoms with E-state index in [-0.39, 0.29) is 6.61 Å². The molecular formula is C7H12F2O3. The van der Waals surface area contributed by atoms with Crippen LogP contribution in [0.2, 0.25) is 0 Å². The first-order valence-corrected chi connectivity index (χ1v) is 3.32. The standard InChI is InChI=1S/C7H12F2O3/c1-6(12-3,5-11-2)7(8,9)4-10/h4H,5H2,1-3H3. The zero-order chi connectivity index (χ0) is 9.83. The lowest BCUT2D eigenvalue weighted by atomic mass is 10.0. The van der Waals surface area contributed by atoms with Gasteiger partial charge in [0.25, 0.3) is 0 Å². The van der Waals surface area contributed by atoms with Crippen molar-refractivity contribution in [3.05, 3.63) is 0 Å². The van der Waals surface area contributed by atoms with Crippen LogP contribution in [0.5, 0.6) is 0 Å². The zero-order valence-electron chi connectivity index (χ0n) is 7.27. The second-order valence-corrected chi connectivity index (χ2v) is 2.61. The Morgan fingerprint density at radius 2 is 1.92 bits per heavy atom. The molecule has 0 saturated carbocycles. The lowest BCUT2D eigenvalue weighted by Crippen LogP contribution is -2.51. The molecule has 1 unspecified atom stereocenters. The molecule has 72 valence electrons. The molecule has 0 saturated heterocycles. The number of hydrogen-bond donors (Lipinski definition) is 0. The minimum absolute atomic E-state index is 0.338. The van der Waals surface area contributed by atoms with Crippen LogP contribution in [0.3, 0.4) is 0 Å². The Morgan fingerprint density at radius 1 is 1.42 bits per heavy atom. The van der Waals surface area contributed by atoms with Crippen molar-refractivity contribution in [1.82, 2.24) is 0 Å². The molecule has 0 heterocycles. The van der Waals surface area contributed by atoms with Gasteiger partial charge in [-0.25, -0.2) is 0 Å². The third-order valence-corrected chi connectivity index (χ3v) is 1.72. The highest BCUT2D eigenvalue weighted by atomic mass is 19.3. The maximum atomic E-state index is 12.8. The third-order valence-electron chi connectivity index (χ3n) is 1.72. The Bertz CT molecular complexity index is 161. The summed E-state index contributed by atoms with van der Waals surface area (Å²) in [4.78, 5) is 10.0. The van der Waals surface area contributed by atoms with Crippen LogP contribution in [0.4, 0.5) is 8.78 Å². The van der Waals surface area contributed by atoms with Crippen molar-refractivity contribution in [2.24, 2.45) is 0 Å². The average molecular weight is 182 g/mol. The van der Waals surface area contributed by atoms with E-state index in [9.17, 15) is 13.6 Å². The number of hydrogen-bond acceptors (Lipinski definition) is 3. The van der Waals surface area contributed by atoms with Gasteiger partial charge in [-0.1, -0.05) is 0 Å². The van der Waals surface area contributed by atoms with Crippen LogP contribution in [0.25, 0.3) is 0 Å². The molecule has 12 heavy (non-hydrogen) atoms. The lowest BCUT2D eigenvalue weighted by Gasteiger charge is -2.31. The van der Waals surface area contributed by atoms with Crippen LogP contribution < -0.4 is 0 Å². The second kappa shape index (κ2) is 3.91. The summed E-state index contributed by atoms with van der Waals surface area (Å²) in [6.07, 6.45) is -0.435. The fraction of sp³-hybridized carbons (Fsp3) is 0.857. The van der Waals surface area contributed by atoms with Gasteiger partial charge in [0, 0.05) is 14.2 Å². The summed E-state index contributed by atoms with van der Waals surface area (Å²) in [5, 5.41) is 0. The number of alkyl halides is 2. The molecule has 0 aromatic rings. The quantitative estimate of drug-likeness (QED) is 0.592. The number of halogens is 2. The molecule has 0 amide bonds. The molecule has 0 aliphatic rings. The molecule has 0 aromatic heterocycles. The highest BCUT2D eigenvalue weighted by Gasteiger charge is 2.51. The van der Waals surface area contributed by atoms with E-state index < -0.39 is 17.8 Å². The van der Waals surface area contributed by atoms with E-state index >= 15 is 0 Å². The number of rotatable bonds is 5. The molecule has 1 atom stereocenters. The predicted octanol–water partition coefficient (Wildman–Crippen LogP) is 0.872. The monoisotopic (exact) mass is 182 g/mol. The number of methoxy groups -OCH3 is 2. The maximum absolute atomic E-state index is 12.8. The molecule has 0 N–H and O–H groups in total. The molecule has 5 heteroatoms. The molecule has 3 nitrogen and oxygen atoms in total. The van der Waals surface area contributed by atoms with Crippen molar-refractivity contribution >= 4 is 6.29 Å². The van der Waals surface area contributed by atoms with Crippen LogP contribution >= 0.6 is 0 Å². The van der Waals surface area contributed by atoms with Crippen molar-refractivity contribution in [2.75, 3.05) is 20.8 Å². The Balaban J connectivity index is 4.60. The van der Waals surface area contributed by atoms with Crippen molar-refractivity contribution in [2.45, 2.75) is 18.4 Å². The second-order valence-electron chi connectivity index (χ2n) is 2.61. The van der Waals surface area contributed by atoms with E-state index in [1.54, 1.807) is 0 Å². The lowest BCUT2D eigenvalue weighted by molar-refractivity contribution is -0.198. The molecule has 0 spiro atoms. The predicted molar refractivity (Wildman–Crippen MR) is 38.3 cm³/mol. The van der Waals surface area contributed by atoms with Crippen molar-refractivity contribution in [3.63, 3.8) is 0 Å². The molecule has 0 radical (unpaired) electrons. The largest absolute Gasteiger partial charge is 0.381 e. The molecule has 0 rings (SSSR count). The van der Waals surface area contributed by atoms with Crippen molar-refractivity contribution in [3.8, 4) is 0 Å². The van der Waals surface area contributed by atoms with E-state index in [0.717, 1.165) is 14.0 Å². The summed E-state index contributed by atoms with van der Waals surface area (Å²) >= 11 is 0. The van der Waals surface area contributed by atoms with Gasteiger partial charge in [-0.15, -0.1) is 0 Å². The molecule has 0 aliphatic carbocycles. The van der Waals surface area contributed by atoms with Crippen molar-refractivity contribution in [1.29, 1.82) is 0 Å². The normalized spacial score (nSPS) is 17.1. The third kappa shape index (κ3) is 1.98. The number of ether oxygens (including phenoxy) is 2. The summed E-state index contributed by atoms with van der Waals surface area (Å²) in [5.74, 6) is -3.53. The Morgan fingerprint density at radius 3 is 2.17 bits per heavy atom. The van der Waals surface area contributed by atoms with Gasteiger partial charge in [-0.3, -0.25) is 4.79 Å². The molecule has 0 bridgehead atoms. The fourth-order valence-electron chi connectivity index (χ4n) is 0.691. The minimum atomic E-state index is -3.53. The zero-order valence-corrected chi connectivity index (χ0v) is 7.27. The molecule has 0 fully saturated rings. The summed E-state index contributed by atoms with van der Waals surface area (Å²) in [5.41, 5.74) is -1.89. The van der Waals surface area contributed by atoms with Gasteiger partial charge >= 0.3 is 5.92 Å². The van der Waals surface area contributed by atoms with Crippen molar-refractivity contribution < 1.29 is 23.0 Å². The van der Waals surface area contributed by atoms with Crippen LogP contribution in [-0.2, 0) is 14.3 Å². The first kappa shape index (κ1) is 11.4. The van der Waals surface area contributed by atoms with Gasteiger partial charge in [0.15, 0.2) is 11.9 Å². The van der Waals surface area contributed by atoms with E-state index in [4.69, 9.17) is 0 Å². The van der Waals surface area contributed by atoms with E-state index in [2.05, 4.69) is 9.47 Å². The topological polar surface area (TPSA) is 35.5 Å². The van der Waals surface area contributed by atoms with Gasteiger partial charge in [0.05, 0.1) is 6.61 Å². The van der Waals surface area contributed by atoms with Gasteiger partial charge < -0.3 is 9.47 Å². The maximum Gasteiger partial charge on any atom is 0.332 e. The van der Waals surface area contributed by atoms with Crippen LogP contribution in [0.1, 0.15) is 6.92 Å². The van der Waals surface area contributed by atoms with Gasteiger partial charge in [-0.2, -0.15) is 8.78 Å². The fourth-order valence-corrected chi connectivity index (χ4v) is 0.691. The highest BCUT2D eigenvalue weighted by molar-refractivity contribution is 5.62. The average Bonchev–Trinajstić information content (AvgIpc) is 2.04. The van der Waals surface area contributed by atoms with E-state index in [1.165, 1.54) is 7.11 Å². The Kier molecular flexibility index (Phi) is 3.73. The number of aldehydes is 1. The molecular weight excluding hydrogens is 170 g/mol. The van der Waals surface area contributed by atoms with Crippen LogP contribution in [0.15, 0.2) is 0 Å². The summed E-state index contributed by atoms with van der Waals surface area (Å²) < 4.78 is 34.7. The Labute approximate surface area is 69.6 Å². The number of carbonyl (C=O) groups is 1. The smallest absolute Gasteiger partial charge is 0.332 e. The van der Waals surface area contributed by atoms with Gasteiger partial charge in [0.1, 0.15) is 0 Å². The molecule has 0 aliphatic heterocycles.